The molecule has 142 valence electrons. The van der Waals surface area contributed by atoms with E-state index in [1.807, 2.05) is 0 Å². The van der Waals surface area contributed by atoms with Crippen molar-refractivity contribution < 1.29 is 39.9 Å². The molecule has 1 aromatic rings. The molecule has 0 spiro atoms. The van der Waals surface area contributed by atoms with Gasteiger partial charge in [0.15, 0.2) is 0 Å². The molecule has 1 aliphatic rings. The fourth-order valence-electron chi connectivity index (χ4n) is 2.06. The second kappa shape index (κ2) is 5.43. The molecule has 0 bridgehead atoms. The van der Waals surface area contributed by atoms with Gasteiger partial charge in [-0.05, 0) is 0 Å². The first-order valence-electron chi connectivity index (χ1n) is 7.13. The normalized spacial score (nSPS) is 21.8. The van der Waals surface area contributed by atoms with Crippen molar-refractivity contribution in [3.63, 3.8) is 0 Å². The molecule has 0 aromatic heterocycles. The summed E-state index contributed by atoms with van der Waals surface area (Å²) in [5.74, 6) is -4.39. The average molecular weight is 390 g/mol. The molecule has 0 saturated carbocycles. The van der Waals surface area contributed by atoms with E-state index in [2.05, 4.69) is 0 Å². The summed E-state index contributed by atoms with van der Waals surface area (Å²) < 4.78 is 94.6. The number of halogens is 6. The molecule has 1 aliphatic heterocycles. The molecule has 0 unspecified atom stereocenters. The second-order valence-electron chi connectivity index (χ2n) is 6.68. The van der Waals surface area contributed by atoms with Crippen LogP contribution in [0.25, 0.3) is 0 Å². The van der Waals surface area contributed by atoms with Gasteiger partial charge in [0.2, 0.25) is 0 Å². The Morgan fingerprint density at radius 3 is 1.52 bits per heavy atom. The van der Waals surface area contributed by atoms with Crippen LogP contribution in [0.2, 0.25) is 0 Å². The number of alkyl halides is 6. The van der Waals surface area contributed by atoms with Crippen molar-refractivity contribution in [2.75, 3.05) is 6.66 Å². The Morgan fingerprint density at radius 2 is 1.20 bits per heavy atom. The molecule has 0 atom stereocenters. The molecule has 3 nitrogen and oxygen atoms in total. The first kappa shape index (κ1) is 19.7. The zero-order valence-electron chi connectivity index (χ0n) is 13.8. The van der Waals surface area contributed by atoms with Gasteiger partial charge in [0.05, 0.1) is 0 Å². The fraction of sp³-hybridized carbons (Fsp3) is 0.467. The Morgan fingerprint density at radius 1 is 0.800 bits per heavy atom. The number of allylic oxidation sites excluding steroid dienone is 2. The van der Waals surface area contributed by atoms with Gasteiger partial charge in [-0.3, -0.25) is 0 Å². The molecule has 0 N–H and O–H groups in total. The summed E-state index contributed by atoms with van der Waals surface area (Å²) >= 11 is 0. The van der Waals surface area contributed by atoms with Crippen molar-refractivity contribution >= 4 is 7.28 Å². The number of benzene rings is 1. The number of hydrogen-bond acceptors (Lipinski definition) is 3. The number of hydrogen-bond donors (Lipinski definition) is 0. The van der Waals surface area contributed by atoms with E-state index in [-0.39, 0.29) is 5.75 Å². The van der Waals surface area contributed by atoms with E-state index < -0.39 is 36.3 Å². The third-order valence-electron chi connectivity index (χ3n) is 3.88. The van der Waals surface area contributed by atoms with Gasteiger partial charge in [-0.15, -0.1) is 0 Å². The number of rotatable bonds is 2. The molecule has 0 radical (unpaired) electrons. The van der Waals surface area contributed by atoms with E-state index in [1.54, 1.807) is 6.07 Å². The first-order chi connectivity index (χ1) is 11.1. The fourth-order valence-corrected chi connectivity index (χ4v) is 4.82. The first-order valence-corrected chi connectivity index (χ1v) is 9.56. The van der Waals surface area contributed by atoms with Gasteiger partial charge in [-0.1, -0.05) is 0 Å². The van der Waals surface area contributed by atoms with Gasteiger partial charge in [0, 0.05) is 0 Å². The van der Waals surface area contributed by atoms with Gasteiger partial charge in [0.1, 0.15) is 0 Å². The summed E-state index contributed by atoms with van der Waals surface area (Å²) in [4.78, 5) is 0. The second-order valence-corrected chi connectivity index (χ2v) is 11.1. The van der Waals surface area contributed by atoms with Gasteiger partial charge in [-0.25, -0.2) is 0 Å². The molecule has 0 saturated heterocycles. The van der Waals surface area contributed by atoms with Crippen molar-refractivity contribution in [2.24, 2.45) is 0 Å². The Kier molecular flexibility index (Phi) is 4.28. The van der Waals surface area contributed by atoms with Crippen LogP contribution in [0, 0.1) is 0 Å². The van der Waals surface area contributed by atoms with Crippen molar-refractivity contribution in [1.29, 1.82) is 0 Å². The molecule has 1 heterocycles. The van der Waals surface area contributed by atoms with Crippen molar-refractivity contribution in [3.8, 4) is 5.75 Å². The van der Waals surface area contributed by atoms with Gasteiger partial charge < -0.3 is 0 Å². The van der Waals surface area contributed by atoms with Crippen molar-refractivity contribution in [2.45, 2.75) is 38.3 Å². The zero-order valence-corrected chi connectivity index (χ0v) is 14.7. The Hall–Kier alpha value is -1.63. The molecule has 0 fully saturated rings. The van der Waals surface area contributed by atoms with Crippen LogP contribution in [0.4, 0.5) is 26.3 Å². The quantitative estimate of drug-likeness (QED) is 0.446. The molecular weight excluding hydrogens is 373 g/mol. The van der Waals surface area contributed by atoms with Crippen LogP contribution in [-0.4, -0.2) is 24.2 Å². The van der Waals surface area contributed by atoms with Crippen LogP contribution in [0.5, 0.6) is 5.75 Å². The van der Waals surface area contributed by atoms with Gasteiger partial charge >= 0.3 is 140 Å². The maximum atomic E-state index is 13.2. The van der Waals surface area contributed by atoms with Crippen molar-refractivity contribution in [1.82, 2.24) is 0 Å². The van der Waals surface area contributed by atoms with E-state index in [9.17, 15) is 26.3 Å². The van der Waals surface area contributed by atoms with Crippen LogP contribution < -0.4 is 4.52 Å². The standard InChI is InChI=1S/C15H17F6O3P/c1-13(2,3)25(4,22-10-8-6-5-7-9-10)23-11(14(16,17)18)12(24-25)15(19,20)21/h5-9H,1-4H3. The number of para-hydroxylation sites is 1. The Labute approximate surface area is 140 Å². The topological polar surface area (TPSA) is 27.7 Å². The van der Waals surface area contributed by atoms with Crippen LogP contribution in [0.1, 0.15) is 20.8 Å². The maximum absolute atomic E-state index is 13.2. The summed E-state index contributed by atoms with van der Waals surface area (Å²) in [5, 5.41) is -1.31. The average Bonchev–Trinajstić information content (AvgIpc) is 2.75. The molecule has 0 aliphatic carbocycles. The van der Waals surface area contributed by atoms with E-state index in [0.29, 0.717) is 0 Å². The summed E-state index contributed by atoms with van der Waals surface area (Å²) in [6.45, 7) is 5.26. The third kappa shape index (κ3) is 3.38. The molecule has 10 heteroatoms. The molecule has 0 amide bonds. The predicted octanol–water partition coefficient (Wildman–Crippen LogP) is 6.18. The van der Waals surface area contributed by atoms with Crippen LogP contribution in [0.3, 0.4) is 0 Å². The van der Waals surface area contributed by atoms with Gasteiger partial charge in [-0.2, -0.15) is 0 Å². The zero-order chi connectivity index (χ0) is 19.3. The SMILES string of the molecule is CC(C)(C)P1(C)(Oc2ccccc2)OC(C(F)(F)F)=C(C(F)(F)F)O1. The summed E-state index contributed by atoms with van der Waals surface area (Å²) in [5.41, 5.74) is 0. The van der Waals surface area contributed by atoms with Crippen LogP contribution in [0.15, 0.2) is 41.9 Å². The minimum absolute atomic E-state index is 0.0440. The molecule has 1 aromatic carbocycles. The van der Waals surface area contributed by atoms with Gasteiger partial charge in [0.25, 0.3) is 0 Å². The van der Waals surface area contributed by atoms with Crippen LogP contribution in [-0.2, 0) is 9.05 Å². The minimum atomic E-state index is -5.38. The molecule has 2 rings (SSSR count). The Balaban J connectivity index is 2.63. The Bertz CT molecular complexity index is 662. The van der Waals surface area contributed by atoms with Crippen molar-refractivity contribution in [3.05, 3.63) is 41.9 Å². The third-order valence-corrected chi connectivity index (χ3v) is 8.71. The molecular formula is C15H17F6O3P. The summed E-state index contributed by atoms with van der Waals surface area (Å²) in [6.07, 6.45) is -10.8. The van der Waals surface area contributed by atoms with E-state index >= 15 is 0 Å². The van der Waals surface area contributed by atoms with Crippen LogP contribution >= 0.6 is 7.28 Å². The molecule has 25 heavy (non-hydrogen) atoms. The van der Waals surface area contributed by atoms with E-state index in [1.165, 1.54) is 45.0 Å². The summed E-state index contributed by atoms with van der Waals surface area (Å²) in [7, 11) is -4.94. The van der Waals surface area contributed by atoms with E-state index in [4.69, 9.17) is 13.6 Å². The van der Waals surface area contributed by atoms with E-state index in [0.717, 1.165) is 6.66 Å². The monoisotopic (exact) mass is 390 g/mol. The predicted molar refractivity (Wildman–Crippen MR) is 81.0 cm³/mol. The summed E-state index contributed by atoms with van der Waals surface area (Å²) in [6, 6.07) is 7.47.